The number of carbonyl (C=O) groups is 1. The number of benzene rings is 3. The van der Waals surface area contributed by atoms with Crippen molar-refractivity contribution in [2.75, 3.05) is 0 Å². The molecular formula is C28H21ClN2O4. The van der Waals surface area contributed by atoms with E-state index in [0.29, 0.717) is 22.8 Å². The Bertz CT molecular complexity index is 1430. The first-order chi connectivity index (χ1) is 17.0. The molecule has 0 bridgehead atoms. The van der Waals surface area contributed by atoms with Crippen molar-refractivity contribution in [3.05, 3.63) is 118 Å². The van der Waals surface area contributed by atoms with Crippen LogP contribution in [0.4, 0.5) is 0 Å². The molecule has 0 unspecified atom stereocenters. The maximum absolute atomic E-state index is 12.4. The number of hydrazone groups is 1. The highest BCUT2D eigenvalue weighted by molar-refractivity contribution is 6.30. The van der Waals surface area contributed by atoms with E-state index in [9.17, 15) is 4.79 Å². The topological polar surface area (TPSA) is 64.3 Å². The lowest BCUT2D eigenvalue weighted by Gasteiger charge is -2.38. The normalized spacial score (nSPS) is 18.3. The molecule has 0 fully saturated rings. The molecule has 2 atom stereocenters. The van der Waals surface area contributed by atoms with Crippen LogP contribution in [0, 0.1) is 6.92 Å². The second-order valence-corrected chi connectivity index (χ2v) is 8.97. The molecule has 6 rings (SSSR count). The minimum absolute atomic E-state index is 0.0431. The summed E-state index contributed by atoms with van der Waals surface area (Å²) >= 11 is 6.31. The van der Waals surface area contributed by atoms with Gasteiger partial charge in [0.25, 0.3) is 0 Å². The SMILES string of the molecule is Cc1ccc(C2=NN3[C@@H](c4ccc(OC(=O)c5ccccc5)cc4)Oc4ccc(Cl)cc4[C@@H]3C2)o1. The number of hydrogen-bond acceptors (Lipinski definition) is 6. The fraction of sp³-hybridized carbons (Fsp3) is 0.143. The van der Waals surface area contributed by atoms with Crippen molar-refractivity contribution < 1.29 is 18.7 Å². The smallest absolute Gasteiger partial charge is 0.343 e. The molecule has 0 saturated carbocycles. The van der Waals surface area contributed by atoms with E-state index in [1.165, 1.54) is 0 Å². The molecule has 0 spiro atoms. The van der Waals surface area contributed by atoms with Gasteiger partial charge in [0.15, 0.2) is 0 Å². The van der Waals surface area contributed by atoms with E-state index in [1.807, 2.05) is 60.5 Å². The molecule has 174 valence electrons. The van der Waals surface area contributed by atoms with Crippen LogP contribution < -0.4 is 9.47 Å². The number of fused-ring (bicyclic) bond motifs is 3. The maximum atomic E-state index is 12.4. The molecule has 2 aliphatic rings. The van der Waals surface area contributed by atoms with E-state index in [0.717, 1.165) is 34.1 Å². The molecule has 0 N–H and O–H groups in total. The summed E-state index contributed by atoms with van der Waals surface area (Å²) < 4.78 is 17.8. The van der Waals surface area contributed by atoms with E-state index < -0.39 is 12.2 Å². The number of halogens is 1. The van der Waals surface area contributed by atoms with Crippen molar-refractivity contribution in [3.63, 3.8) is 0 Å². The lowest BCUT2D eigenvalue weighted by molar-refractivity contribution is -0.0190. The molecule has 35 heavy (non-hydrogen) atoms. The van der Waals surface area contributed by atoms with Crippen LogP contribution in [0.1, 0.15) is 51.7 Å². The summed E-state index contributed by atoms with van der Waals surface area (Å²) in [5.41, 5.74) is 3.23. The Labute approximate surface area is 207 Å². The Morgan fingerprint density at radius 3 is 2.57 bits per heavy atom. The summed E-state index contributed by atoms with van der Waals surface area (Å²) in [5.74, 6) is 2.42. The largest absolute Gasteiger partial charge is 0.464 e. The van der Waals surface area contributed by atoms with Crippen LogP contribution in [-0.2, 0) is 0 Å². The summed E-state index contributed by atoms with van der Waals surface area (Å²) in [6.07, 6.45) is 0.216. The lowest BCUT2D eigenvalue weighted by Crippen LogP contribution is -2.33. The molecule has 0 amide bonds. The van der Waals surface area contributed by atoms with Crippen LogP contribution in [0.15, 0.2) is 94.4 Å². The number of furan rings is 1. The third-order valence-corrected chi connectivity index (χ3v) is 6.40. The van der Waals surface area contributed by atoms with E-state index in [-0.39, 0.29) is 6.04 Å². The van der Waals surface area contributed by atoms with Crippen molar-refractivity contribution in [2.24, 2.45) is 5.10 Å². The molecular weight excluding hydrogens is 464 g/mol. The second-order valence-electron chi connectivity index (χ2n) is 8.53. The van der Waals surface area contributed by atoms with Gasteiger partial charge in [0.1, 0.15) is 28.7 Å². The highest BCUT2D eigenvalue weighted by atomic mass is 35.5. The number of esters is 1. The number of hydrogen-bond donors (Lipinski definition) is 0. The average molecular weight is 485 g/mol. The third kappa shape index (κ3) is 4.06. The zero-order valence-corrected chi connectivity index (χ0v) is 19.6. The van der Waals surface area contributed by atoms with Gasteiger partial charge in [0, 0.05) is 22.6 Å². The first kappa shape index (κ1) is 21.5. The second kappa shape index (κ2) is 8.64. The van der Waals surface area contributed by atoms with Crippen molar-refractivity contribution in [1.82, 2.24) is 5.01 Å². The van der Waals surface area contributed by atoms with Gasteiger partial charge < -0.3 is 13.9 Å². The number of carbonyl (C=O) groups excluding carboxylic acids is 1. The molecule has 2 aliphatic heterocycles. The van der Waals surface area contributed by atoms with Crippen LogP contribution in [0.3, 0.4) is 0 Å². The highest BCUT2D eigenvalue weighted by Crippen LogP contribution is 2.48. The first-order valence-electron chi connectivity index (χ1n) is 11.3. The molecule has 7 heteroatoms. The minimum Gasteiger partial charge on any atom is -0.464 e. The fourth-order valence-corrected chi connectivity index (χ4v) is 4.64. The fourth-order valence-electron chi connectivity index (χ4n) is 4.46. The summed E-state index contributed by atoms with van der Waals surface area (Å²) in [6.45, 7) is 1.92. The molecule has 1 aromatic heterocycles. The first-order valence-corrected chi connectivity index (χ1v) is 11.7. The van der Waals surface area contributed by atoms with Gasteiger partial charge in [-0.2, -0.15) is 5.10 Å². The minimum atomic E-state index is -0.457. The van der Waals surface area contributed by atoms with Crippen molar-refractivity contribution in [2.45, 2.75) is 25.6 Å². The molecule has 3 heterocycles. The van der Waals surface area contributed by atoms with Gasteiger partial charge in [-0.3, -0.25) is 0 Å². The van der Waals surface area contributed by atoms with Gasteiger partial charge in [0.05, 0.1) is 11.6 Å². The summed E-state index contributed by atoms with van der Waals surface area (Å²) in [4.78, 5) is 12.4. The standard InChI is InChI=1S/C28H21ClN2O4/c1-17-7-13-26(33-17)23-16-24-22-15-20(29)10-14-25(22)35-27(31(24)30-23)18-8-11-21(12-9-18)34-28(32)19-5-3-2-4-6-19/h2-15,24,27H,16H2,1H3/t24-,27+/m0/s1. The molecule has 0 aliphatic carbocycles. The Morgan fingerprint density at radius 1 is 1.03 bits per heavy atom. The number of aryl methyl sites for hydroxylation is 1. The Hall–Kier alpha value is -4.03. The van der Waals surface area contributed by atoms with E-state index >= 15 is 0 Å². The van der Waals surface area contributed by atoms with Gasteiger partial charge in [-0.25, -0.2) is 9.80 Å². The van der Waals surface area contributed by atoms with Gasteiger partial charge >= 0.3 is 5.97 Å². The number of ether oxygens (including phenoxy) is 2. The highest BCUT2D eigenvalue weighted by Gasteiger charge is 2.41. The van der Waals surface area contributed by atoms with Gasteiger partial charge in [-0.15, -0.1) is 0 Å². The van der Waals surface area contributed by atoms with Crippen LogP contribution in [0.25, 0.3) is 0 Å². The molecule has 0 saturated heterocycles. The van der Waals surface area contributed by atoms with Crippen molar-refractivity contribution >= 4 is 23.3 Å². The van der Waals surface area contributed by atoms with Crippen LogP contribution in [-0.4, -0.2) is 16.7 Å². The average Bonchev–Trinajstić information content (AvgIpc) is 3.51. The Morgan fingerprint density at radius 2 is 1.83 bits per heavy atom. The maximum Gasteiger partial charge on any atom is 0.343 e. The Balaban J connectivity index is 1.30. The molecule has 0 radical (unpaired) electrons. The molecule has 6 nitrogen and oxygen atoms in total. The zero-order chi connectivity index (χ0) is 23.9. The van der Waals surface area contributed by atoms with E-state index in [2.05, 4.69) is 0 Å². The zero-order valence-electron chi connectivity index (χ0n) is 18.9. The van der Waals surface area contributed by atoms with Gasteiger partial charge in [-0.05, 0) is 73.7 Å². The third-order valence-electron chi connectivity index (χ3n) is 6.16. The summed E-state index contributed by atoms with van der Waals surface area (Å²) in [5, 5.41) is 7.50. The van der Waals surface area contributed by atoms with Crippen LogP contribution in [0.5, 0.6) is 11.5 Å². The number of nitrogens with zero attached hydrogens (tertiary/aromatic N) is 2. The van der Waals surface area contributed by atoms with Crippen LogP contribution >= 0.6 is 11.6 Å². The molecule has 3 aromatic carbocycles. The van der Waals surface area contributed by atoms with E-state index in [4.69, 9.17) is 30.6 Å². The monoisotopic (exact) mass is 484 g/mol. The Kier molecular flexibility index (Phi) is 5.30. The number of rotatable bonds is 4. The van der Waals surface area contributed by atoms with Crippen molar-refractivity contribution in [1.29, 1.82) is 0 Å². The van der Waals surface area contributed by atoms with Crippen molar-refractivity contribution in [3.8, 4) is 11.5 Å². The predicted molar refractivity (Wildman–Crippen MR) is 132 cm³/mol. The van der Waals surface area contributed by atoms with Gasteiger partial charge in [-0.1, -0.05) is 29.8 Å². The van der Waals surface area contributed by atoms with Crippen LogP contribution in [0.2, 0.25) is 5.02 Å². The summed E-state index contributed by atoms with van der Waals surface area (Å²) in [6, 6.07) is 25.7. The summed E-state index contributed by atoms with van der Waals surface area (Å²) in [7, 11) is 0. The quantitative estimate of drug-likeness (QED) is 0.238. The predicted octanol–water partition coefficient (Wildman–Crippen LogP) is 6.70. The van der Waals surface area contributed by atoms with Gasteiger partial charge in [0.2, 0.25) is 6.23 Å². The van der Waals surface area contributed by atoms with E-state index in [1.54, 1.807) is 36.4 Å². The molecule has 4 aromatic rings. The lowest BCUT2D eigenvalue weighted by atomic mass is 9.97.